The van der Waals surface area contributed by atoms with E-state index in [-0.39, 0.29) is 0 Å². The molecule has 0 amide bonds. The molecular weight excluding hydrogens is 228 g/mol. The van der Waals surface area contributed by atoms with Crippen molar-refractivity contribution < 1.29 is 0 Å². The van der Waals surface area contributed by atoms with Crippen molar-refractivity contribution in [2.24, 2.45) is 0 Å². The number of hydrogen-bond donors (Lipinski definition) is 0. The van der Waals surface area contributed by atoms with Crippen molar-refractivity contribution in [1.29, 1.82) is 0 Å². The van der Waals surface area contributed by atoms with Gasteiger partial charge in [0, 0.05) is 5.92 Å². The first-order chi connectivity index (χ1) is 6.06. The zero-order valence-corrected chi connectivity index (χ0v) is 9.63. The van der Waals surface area contributed by atoms with E-state index in [1.54, 1.807) is 6.07 Å². The smallest absolute Gasteiger partial charge is 0.148 e. The minimum absolute atomic E-state index is 0.300. The van der Waals surface area contributed by atoms with Gasteiger partial charge >= 0.3 is 0 Å². The third kappa shape index (κ3) is 2.49. The van der Waals surface area contributed by atoms with Crippen LogP contribution in [0.5, 0.6) is 0 Å². The Bertz CT molecular complexity index is 312. The van der Waals surface area contributed by atoms with Crippen LogP contribution in [0.1, 0.15) is 26.0 Å². The van der Waals surface area contributed by atoms with Crippen molar-refractivity contribution in [3.63, 3.8) is 0 Å². The van der Waals surface area contributed by atoms with Crippen molar-refractivity contribution >= 4 is 34.8 Å². The van der Waals surface area contributed by atoms with Crippen molar-refractivity contribution in [1.82, 2.24) is 4.98 Å². The van der Waals surface area contributed by atoms with Gasteiger partial charge in [-0.15, -0.1) is 0 Å². The highest BCUT2D eigenvalue weighted by atomic mass is 35.5. The first-order valence-corrected chi connectivity index (χ1v) is 5.04. The number of aromatic nitrogens is 1. The second kappa shape index (κ2) is 4.50. The highest BCUT2D eigenvalue weighted by Crippen LogP contribution is 2.30. The molecule has 1 heterocycles. The number of rotatable bonds is 2. The summed E-state index contributed by atoms with van der Waals surface area (Å²) >= 11 is 17.5. The molecule has 0 saturated heterocycles. The molecule has 0 aromatic carbocycles. The second-order valence-corrected chi connectivity index (χ2v) is 3.90. The summed E-state index contributed by atoms with van der Waals surface area (Å²) in [7, 11) is 0. The molecule has 4 heteroatoms. The van der Waals surface area contributed by atoms with Crippen molar-refractivity contribution in [2.45, 2.75) is 20.3 Å². The summed E-state index contributed by atoms with van der Waals surface area (Å²) in [5.41, 5.74) is 0.735. The molecule has 0 unspecified atom stereocenters. The fraction of sp³-hybridized carbons (Fsp3) is 0.333. The van der Waals surface area contributed by atoms with E-state index in [9.17, 15) is 0 Å². The molecule has 1 aromatic rings. The molecule has 0 N–H and O–H groups in total. The third-order valence-corrected chi connectivity index (χ3v) is 2.78. The van der Waals surface area contributed by atoms with Crippen molar-refractivity contribution in [3.05, 3.63) is 32.9 Å². The lowest BCUT2D eigenvalue weighted by Gasteiger charge is -2.09. The molecule has 0 bridgehead atoms. The Morgan fingerprint density at radius 1 is 1.31 bits per heavy atom. The van der Waals surface area contributed by atoms with E-state index in [0.717, 1.165) is 18.0 Å². The van der Waals surface area contributed by atoms with Gasteiger partial charge in [-0.1, -0.05) is 48.7 Å². The number of hydrogen-bond acceptors (Lipinski definition) is 1. The van der Waals surface area contributed by atoms with Crippen molar-refractivity contribution in [3.8, 4) is 0 Å². The van der Waals surface area contributed by atoms with Gasteiger partial charge in [0.1, 0.15) is 5.15 Å². The van der Waals surface area contributed by atoms with Crippen LogP contribution in [0, 0.1) is 5.92 Å². The molecule has 0 aliphatic carbocycles. The highest BCUT2D eigenvalue weighted by Gasteiger charge is 2.13. The molecule has 1 aromatic heterocycles. The van der Waals surface area contributed by atoms with Gasteiger partial charge in [0.2, 0.25) is 0 Å². The summed E-state index contributed by atoms with van der Waals surface area (Å²) in [6, 6.07) is 1.62. The van der Waals surface area contributed by atoms with Gasteiger partial charge in [-0.05, 0) is 12.5 Å². The predicted octanol–water partition coefficient (Wildman–Crippen LogP) is 4.39. The van der Waals surface area contributed by atoms with Crippen LogP contribution in [-0.4, -0.2) is 4.98 Å². The van der Waals surface area contributed by atoms with Crippen LogP contribution in [0.2, 0.25) is 15.2 Å². The van der Waals surface area contributed by atoms with Crippen LogP contribution in [0.4, 0.5) is 0 Å². The topological polar surface area (TPSA) is 12.9 Å². The summed E-state index contributed by atoms with van der Waals surface area (Å²) < 4.78 is 0. The summed E-state index contributed by atoms with van der Waals surface area (Å²) in [6.07, 6.45) is 0.894. The van der Waals surface area contributed by atoms with Gasteiger partial charge in [0.15, 0.2) is 0 Å². The molecule has 13 heavy (non-hydrogen) atoms. The maximum atomic E-state index is 5.95. The molecule has 0 spiro atoms. The maximum Gasteiger partial charge on any atom is 0.148 e. The molecule has 71 valence electrons. The number of pyridine rings is 1. The SMILES string of the molecule is CC[C](C)c1nc(Cl)c(Cl)cc1Cl. The van der Waals surface area contributed by atoms with Crippen LogP contribution in [0.15, 0.2) is 6.07 Å². The van der Waals surface area contributed by atoms with Crippen LogP contribution in [0.3, 0.4) is 0 Å². The zero-order valence-electron chi connectivity index (χ0n) is 7.37. The van der Waals surface area contributed by atoms with Crippen LogP contribution in [0.25, 0.3) is 0 Å². The van der Waals surface area contributed by atoms with Gasteiger partial charge in [-0.25, -0.2) is 4.98 Å². The highest BCUT2D eigenvalue weighted by molar-refractivity contribution is 6.42. The molecule has 1 nitrogen and oxygen atoms in total. The predicted molar refractivity (Wildman–Crippen MR) is 57.6 cm³/mol. The van der Waals surface area contributed by atoms with Crippen LogP contribution in [-0.2, 0) is 0 Å². The zero-order chi connectivity index (χ0) is 10.0. The van der Waals surface area contributed by atoms with E-state index < -0.39 is 0 Å². The first-order valence-electron chi connectivity index (χ1n) is 3.90. The van der Waals surface area contributed by atoms with E-state index in [1.165, 1.54) is 0 Å². The molecular formula is C9H9Cl3N. The minimum atomic E-state index is 0.300. The van der Waals surface area contributed by atoms with E-state index in [1.807, 2.05) is 13.8 Å². The molecule has 0 aliphatic heterocycles. The van der Waals surface area contributed by atoms with Gasteiger partial charge in [-0.3, -0.25) is 0 Å². The maximum absolute atomic E-state index is 5.95. The molecule has 1 radical (unpaired) electrons. The Morgan fingerprint density at radius 2 is 1.92 bits per heavy atom. The summed E-state index contributed by atoms with van der Waals surface area (Å²) in [5.74, 6) is 1.10. The monoisotopic (exact) mass is 236 g/mol. The van der Waals surface area contributed by atoms with Gasteiger partial charge in [-0.2, -0.15) is 0 Å². The van der Waals surface area contributed by atoms with E-state index >= 15 is 0 Å². The lowest BCUT2D eigenvalue weighted by molar-refractivity contribution is 0.921. The lowest BCUT2D eigenvalue weighted by Crippen LogP contribution is -1.98. The second-order valence-electron chi connectivity index (χ2n) is 2.73. The molecule has 0 atom stereocenters. The fourth-order valence-electron chi connectivity index (χ4n) is 0.911. The average molecular weight is 238 g/mol. The normalized spacial score (nSPS) is 10.9. The Kier molecular flexibility index (Phi) is 3.84. The van der Waals surface area contributed by atoms with Gasteiger partial charge in [0.05, 0.1) is 15.7 Å². The Morgan fingerprint density at radius 3 is 2.46 bits per heavy atom. The van der Waals surface area contributed by atoms with Crippen LogP contribution < -0.4 is 0 Å². The largest absolute Gasteiger partial charge is 0.237 e. The van der Waals surface area contributed by atoms with E-state index in [2.05, 4.69) is 4.98 Å². The summed E-state index contributed by atoms with van der Waals surface area (Å²) in [5, 5.41) is 1.24. The Labute approximate surface area is 93.0 Å². The first kappa shape index (κ1) is 11.1. The molecule has 0 saturated carbocycles. The summed E-state index contributed by atoms with van der Waals surface area (Å²) in [6.45, 7) is 4.01. The molecule has 0 aliphatic rings. The minimum Gasteiger partial charge on any atom is -0.237 e. The Balaban J connectivity index is 3.15. The van der Waals surface area contributed by atoms with Crippen molar-refractivity contribution in [2.75, 3.05) is 0 Å². The summed E-state index contributed by atoms with van der Waals surface area (Å²) in [4.78, 5) is 4.11. The average Bonchev–Trinajstić information content (AvgIpc) is 2.10. The lowest BCUT2D eigenvalue weighted by atomic mass is 10.0. The van der Waals surface area contributed by atoms with Gasteiger partial charge < -0.3 is 0 Å². The standard InChI is InChI=1S/C9H9Cl3N/c1-3-5(2)8-6(10)4-7(11)9(12)13-8/h4H,3H2,1-2H3. The Hall–Kier alpha value is 0.0200. The van der Waals surface area contributed by atoms with Crippen LogP contribution >= 0.6 is 34.8 Å². The fourth-order valence-corrected chi connectivity index (χ4v) is 1.57. The number of nitrogens with zero attached hydrogens (tertiary/aromatic N) is 1. The quantitative estimate of drug-likeness (QED) is 0.695. The number of halogens is 3. The van der Waals surface area contributed by atoms with E-state index in [0.29, 0.717) is 15.2 Å². The molecule has 1 rings (SSSR count). The molecule has 0 fully saturated rings. The van der Waals surface area contributed by atoms with Gasteiger partial charge in [0.25, 0.3) is 0 Å². The third-order valence-electron chi connectivity index (χ3n) is 1.82. The van der Waals surface area contributed by atoms with E-state index in [4.69, 9.17) is 34.8 Å².